The Morgan fingerprint density at radius 3 is 2.47 bits per heavy atom. The van der Waals surface area contributed by atoms with Crippen molar-refractivity contribution in [2.75, 3.05) is 11.1 Å². The highest BCUT2D eigenvalue weighted by Crippen LogP contribution is 2.26. The Morgan fingerprint density at radius 2 is 1.75 bits per heavy atom. The fourth-order valence-corrected chi connectivity index (χ4v) is 4.01. The molecule has 8 heteroatoms. The molecule has 164 valence electrons. The lowest BCUT2D eigenvalue weighted by Gasteiger charge is -2.14. The van der Waals surface area contributed by atoms with Crippen LogP contribution in [-0.2, 0) is 17.3 Å². The summed E-state index contributed by atoms with van der Waals surface area (Å²) in [5.41, 5.74) is 2.07. The van der Waals surface area contributed by atoms with E-state index < -0.39 is 0 Å². The van der Waals surface area contributed by atoms with Crippen LogP contribution in [-0.4, -0.2) is 31.0 Å². The van der Waals surface area contributed by atoms with E-state index in [0.717, 1.165) is 11.4 Å². The molecule has 0 aliphatic carbocycles. The molecule has 7 nitrogen and oxygen atoms in total. The lowest BCUT2D eigenvalue weighted by Crippen LogP contribution is -2.22. The molecule has 0 atom stereocenters. The lowest BCUT2D eigenvalue weighted by atomic mass is 9.92. The molecule has 1 N–H and O–H groups in total. The molecule has 0 aliphatic rings. The number of rotatable bonds is 5. The Balaban J connectivity index is 1.56. The molecule has 0 radical (unpaired) electrons. The minimum absolute atomic E-state index is 0.115. The van der Waals surface area contributed by atoms with Crippen molar-refractivity contribution < 1.29 is 4.79 Å². The number of benzene rings is 2. The molecule has 2 aromatic heterocycles. The van der Waals surface area contributed by atoms with E-state index in [4.69, 9.17) is 5.10 Å². The third-order valence-electron chi connectivity index (χ3n) is 5.02. The second-order valence-corrected chi connectivity index (χ2v) is 9.47. The maximum absolute atomic E-state index is 12.8. The van der Waals surface area contributed by atoms with Gasteiger partial charge >= 0.3 is 0 Å². The summed E-state index contributed by atoms with van der Waals surface area (Å²) >= 11 is 1.23. The number of fused-ring (bicyclic) bond motifs is 1. The maximum atomic E-state index is 12.8. The SMILES string of the molecule is Cn1c(SCC(=O)Nc2cc(C(C)(C)C)nn2-c2ccccc2)nc2ccccc2c1=O. The highest BCUT2D eigenvalue weighted by molar-refractivity contribution is 7.99. The Bertz CT molecular complexity index is 1340. The van der Waals surface area contributed by atoms with Gasteiger partial charge < -0.3 is 5.32 Å². The topological polar surface area (TPSA) is 81.8 Å². The fraction of sp³-hybridized carbons (Fsp3) is 0.250. The predicted molar refractivity (Wildman–Crippen MR) is 129 cm³/mol. The average molecular weight is 448 g/mol. The number of anilines is 1. The van der Waals surface area contributed by atoms with E-state index in [1.54, 1.807) is 23.9 Å². The number of aromatic nitrogens is 4. The van der Waals surface area contributed by atoms with E-state index in [1.807, 2.05) is 48.5 Å². The molecule has 2 heterocycles. The van der Waals surface area contributed by atoms with Crippen molar-refractivity contribution in [3.05, 3.63) is 76.7 Å². The first-order valence-corrected chi connectivity index (χ1v) is 11.3. The number of nitrogens with one attached hydrogen (secondary N) is 1. The number of para-hydroxylation sites is 2. The van der Waals surface area contributed by atoms with Gasteiger partial charge in [0.1, 0.15) is 5.82 Å². The Kier molecular flexibility index (Phi) is 5.88. The van der Waals surface area contributed by atoms with Gasteiger partial charge in [-0.2, -0.15) is 5.10 Å². The number of thioether (sulfide) groups is 1. The summed E-state index contributed by atoms with van der Waals surface area (Å²) in [6, 6.07) is 18.8. The van der Waals surface area contributed by atoms with Crippen LogP contribution in [0.5, 0.6) is 0 Å². The molecule has 0 spiro atoms. The zero-order chi connectivity index (χ0) is 22.9. The summed E-state index contributed by atoms with van der Waals surface area (Å²) in [5, 5.41) is 8.75. The van der Waals surface area contributed by atoms with Gasteiger partial charge in [-0.3, -0.25) is 14.2 Å². The van der Waals surface area contributed by atoms with Crippen molar-refractivity contribution in [3.63, 3.8) is 0 Å². The minimum atomic E-state index is -0.199. The summed E-state index contributed by atoms with van der Waals surface area (Å²) in [7, 11) is 1.67. The quantitative estimate of drug-likeness (QED) is 0.367. The second-order valence-electron chi connectivity index (χ2n) is 8.52. The number of nitrogens with zero attached hydrogens (tertiary/aromatic N) is 4. The number of carbonyl (C=O) groups is 1. The summed E-state index contributed by atoms with van der Waals surface area (Å²) < 4.78 is 3.22. The van der Waals surface area contributed by atoms with Crippen molar-refractivity contribution in [3.8, 4) is 5.69 Å². The van der Waals surface area contributed by atoms with Gasteiger partial charge in [0.15, 0.2) is 5.16 Å². The first kappa shape index (κ1) is 21.8. The maximum Gasteiger partial charge on any atom is 0.261 e. The zero-order valence-electron chi connectivity index (χ0n) is 18.5. The fourth-order valence-electron chi connectivity index (χ4n) is 3.24. The first-order valence-electron chi connectivity index (χ1n) is 10.3. The summed E-state index contributed by atoms with van der Waals surface area (Å²) in [6.45, 7) is 6.24. The molecule has 0 unspecified atom stereocenters. The molecule has 0 bridgehead atoms. The van der Waals surface area contributed by atoms with Crippen molar-refractivity contribution in [2.45, 2.75) is 31.3 Å². The van der Waals surface area contributed by atoms with E-state index in [-0.39, 0.29) is 22.6 Å². The van der Waals surface area contributed by atoms with Crippen LogP contribution in [0.25, 0.3) is 16.6 Å². The van der Waals surface area contributed by atoms with E-state index in [0.29, 0.717) is 21.9 Å². The van der Waals surface area contributed by atoms with E-state index in [2.05, 4.69) is 31.1 Å². The highest BCUT2D eigenvalue weighted by Gasteiger charge is 2.21. The zero-order valence-corrected chi connectivity index (χ0v) is 19.3. The van der Waals surface area contributed by atoms with Crippen molar-refractivity contribution in [2.24, 2.45) is 7.05 Å². The standard InChI is InChI=1S/C24H25N5O2S/c1-24(2,3)19-14-20(29(27-19)16-10-6-5-7-11-16)26-21(30)15-32-23-25-18-13-9-8-12-17(18)22(31)28(23)4/h5-14H,15H2,1-4H3,(H,26,30). The summed E-state index contributed by atoms with van der Waals surface area (Å²) in [5.74, 6) is 0.519. The van der Waals surface area contributed by atoms with Crippen LogP contribution in [0.3, 0.4) is 0 Å². The minimum Gasteiger partial charge on any atom is -0.310 e. The Labute approximate surface area is 190 Å². The molecule has 32 heavy (non-hydrogen) atoms. The van der Waals surface area contributed by atoms with Crippen LogP contribution in [0.4, 0.5) is 5.82 Å². The van der Waals surface area contributed by atoms with Gasteiger partial charge in [0.2, 0.25) is 5.91 Å². The Morgan fingerprint density at radius 1 is 1.06 bits per heavy atom. The van der Waals surface area contributed by atoms with Crippen LogP contribution >= 0.6 is 11.8 Å². The smallest absolute Gasteiger partial charge is 0.261 e. The van der Waals surface area contributed by atoms with Crippen LogP contribution < -0.4 is 10.9 Å². The van der Waals surface area contributed by atoms with Gasteiger partial charge in [0, 0.05) is 18.5 Å². The average Bonchev–Trinajstić information content (AvgIpc) is 3.20. The van der Waals surface area contributed by atoms with Crippen LogP contribution in [0.1, 0.15) is 26.5 Å². The van der Waals surface area contributed by atoms with E-state index >= 15 is 0 Å². The van der Waals surface area contributed by atoms with E-state index in [9.17, 15) is 9.59 Å². The van der Waals surface area contributed by atoms with Gasteiger partial charge in [-0.05, 0) is 24.3 Å². The lowest BCUT2D eigenvalue weighted by molar-refractivity contribution is -0.113. The molecule has 2 aromatic carbocycles. The molecule has 0 aliphatic heterocycles. The van der Waals surface area contributed by atoms with Crippen LogP contribution in [0.2, 0.25) is 0 Å². The van der Waals surface area contributed by atoms with Gasteiger partial charge in [0.05, 0.1) is 28.0 Å². The largest absolute Gasteiger partial charge is 0.310 e. The van der Waals surface area contributed by atoms with Crippen molar-refractivity contribution in [1.29, 1.82) is 0 Å². The number of amides is 1. The van der Waals surface area contributed by atoms with Crippen LogP contribution in [0.15, 0.2) is 70.6 Å². The molecule has 4 rings (SSSR count). The van der Waals surface area contributed by atoms with Gasteiger partial charge in [0.25, 0.3) is 5.56 Å². The molecule has 1 amide bonds. The third kappa shape index (κ3) is 4.45. The molecule has 0 saturated carbocycles. The van der Waals surface area contributed by atoms with Crippen molar-refractivity contribution in [1.82, 2.24) is 19.3 Å². The first-order chi connectivity index (χ1) is 15.2. The normalized spacial score (nSPS) is 11.6. The van der Waals surface area contributed by atoms with E-state index in [1.165, 1.54) is 16.3 Å². The monoisotopic (exact) mass is 447 g/mol. The van der Waals surface area contributed by atoms with Crippen molar-refractivity contribution >= 4 is 34.4 Å². The Hall–Kier alpha value is -3.39. The molecular formula is C24H25N5O2S. The van der Waals surface area contributed by atoms with Gasteiger partial charge in [-0.1, -0.05) is 62.9 Å². The number of hydrogen-bond donors (Lipinski definition) is 1. The third-order valence-corrected chi connectivity index (χ3v) is 6.05. The molecular weight excluding hydrogens is 422 g/mol. The van der Waals surface area contributed by atoms with Crippen LogP contribution in [0, 0.1) is 0 Å². The summed E-state index contributed by atoms with van der Waals surface area (Å²) in [4.78, 5) is 29.9. The van der Waals surface area contributed by atoms with Gasteiger partial charge in [-0.25, -0.2) is 9.67 Å². The summed E-state index contributed by atoms with van der Waals surface area (Å²) in [6.07, 6.45) is 0. The predicted octanol–water partition coefficient (Wildman–Crippen LogP) is 4.15. The highest BCUT2D eigenvalue weighted by atomic mass is 32.2. The second kappa shape index (κ2) is 8.63. The molecule has 4 aromatic rings. The van der Waals surface area contributed by atoms with Gasteiger partial charge in [-0.15, -0.1) is 0 Å². The number of hydrogen-bond acceptors (Lipinski definition) is 5. The molecule has 0 saturated heterocycles. The number of carbonyl (C=O) groups excluding carboxylic acids is 1. The molecule has 0 fully saturated rings.